The fourth-order valence-electron chi connectivity index (χ4n) is 8.37. The van der Waals surface area contributed by atoms with Crippen LogP contribution in [0.15, 0.2) is 0 Å². The van der Waals surface area contributed by atoms with Crippen LogP contribution in [0.4, 0.5) is 0 Å². The molecule has 0 amide bonds. The summed E-state index contributed by atoms with van der Waals surface area (Å²) in [6.07, 6.45) is 13.2. The molecule has 0 aromatic carbocycles. The summed E-state index contributed by atoms with van der Waals surface area (Å²) in [5, 5.41) is 12.0. The molecule has 4 rings (SSSR count). The minimum Gasteiger partial charge on any atom is -0.390 e. The molecule has 9 atom stereocenters. The van der Waals surface area contributed by atoms with Crippen molar-refractivity contribution >= 4 is 15.9 Å². The molecule has 1 N–H and O–H groups in total. The minimum atomic E-state index is -0.332. The van der Waals surface area contributed by atoms with E-state index in [1.807, 2.05) is 0 Å². The average molecular weight is 411 g/mol. The second-order valence-corrected chi connectivity index (χ2v) is 11.3. The second kappa shape index (κ2) is 6.80. The molecule has 0 spiro atoms. The Morgan fingerprint density at radius 2 is 1.76 bits per heavy atom. The van der Waals surface area contributed by atoms with Crippen LogP contribution in [0.3, 0.4) is 0 Å². The predicted octanol–water partition coefficient (Wildman–Crippen LogP) is 6.43. The van der Waals surface area contributed by atoms with Gasteiger partial charge in [0.1, 0.15) is 0 Å². The molecule has 0 bridgehead atoms. The Balaban J connectivity index is 1.51. The Morgan fingerprint density at radius 1 is 1.00 bits per heavy atom. The van der Waals surface area contributed by atoms with E-state index < -0.39 is 0 Å². The van der Waals surface area contributed by atoms with Gasteiger partial charge in [-0.3, -0.25) is 0 Å². The largest absolute Gasteiger partial charge is 0.390 e. The average Bonchev–Trinajstić information content (AvgIpc) is 2.98. The molecule has 2 heteroatoms. The molecule has 4 aliphatic carbocycles. The van der Waals surface area contributed by atoms with E-state index in [0.29, 0.717) is 5.41 Å². The van der Waals surface area contributed by atoms with Crippen LogP contribution in [0.25, 0.3) is 0 Å². The van der Waals surface area contributed by atoms with Crippen molar-refractivity contribution < 1.29 is 5.11 Å². The fourth-order valence-corrected chi connectivity index (χ4v) is 8.82. The van der Waals surface area contributed by atoms with Crippen molar-refractivity contribution in [2.75, 3.05) is 5.33 Å². The van der Waals surface area contributed by atoms with E-state index in [1.54, 1.807) is 0 Å². The topological polar surface area (TPSA) is 20.2 Å². The normalized spacial score (nSPS) is 53.6. The highest BCUT2D eigenvalue weighted by molar-refractivity contribution is 9.09. The van der Waals surface area contributed by atoms with Gasteiger partial charge in [0.15, 0.2) is 0 Å². The lowest BCUT2D eigenvalue weighted by atomic mass is 9.48. The van der Waals surface area contributed by atoms with Gasteiger partial charge in [0.2, 0.25) is 0 Å². The first kappa shape index (κ1) is 18.8. The Bertz CT molecular complexity index is 492. The molecule has 0 aromatic rings. The maximum Gasteiger partial charge on any atom is 0.0648 e. The fraction of sp³-hybridized carbons (Fsp3) is 1.00. The van der Waals surface area contributed by atoms with Crippen LogP contribution in [-0.2, 0) is 0 Å². The van der Waals surface area contributed by atoms with Crippen LogP contribution in [0.2, 0.25) is 0 Å². The molecule has 2 unspecified atom stereocenters. The summed E-state index contributed by atoms with van der Waals surface area (Å²) in [6, 6.07) is 0. The van der Waals surface area contributed by atoms with Gasteiger partial charge >= 0.3 is 0 Å². The highest BCUT2D eigenvalue weighted by Crippen LogP contribution is 2.65. The zero-order chi connectivity index (χ0) is 17.8. The van der Waals surface area contributed by atoms with Gasteiger partial charge in [0.25, 0.3) is 0 Å². The van der Waals surface area contributed by atoms with Gasteiger partial charge in [-0.25, -0.2) is 0 Å². The first-order valence-corrected chi connectivity index (χ1v) is 12.3. The Hall–Kier alpha value is 0.440. The third kappa shape index (κ3) is 2.96. The van der Waals surface area contributed by atoms with Crippen LogP contribution in [0, 0.1) is 46.8 Å². The minimum absolute atomic E-state index is 0.332. The lowest BCUT2D eigenvalue weighted by molar-refractivity contribution is -0.108. The number of hydrogen-bond acceptors (Lipinski definition) is 1. The van der Waals surface area contributed by atoms with Gasteiger partial charge < -0.3 is 5.11 Å². The number of aliphatic hydroxyl groups is 1. The molecule has 4 fully saturated rings. The summed E-state index contributed by atoms with van der Waals surface area (Å²) in [4.78, 5) is 0. The van der Waals surface area contributed by atoms with Crippen molar-refractivity contribution in [3.05, 3.63) is 0 Å². The standard InChI is InChI=1S/C23H39BrO/c1-4-23(25)12-10-17-16(13-23)5-6-19-18(17)9-11-22(3)20(15(2)14-24)7-8-21(19)22/h15-21,25H,4-14H2,1-3H3/t15?,16-,17+,18-,19-,20?,21+,22-,23-/m1/s1. The second-order valence-electron chi connectivity index (χ2n) is 10.6. The van der Waals surface area contributed by atoms with Gasteiger partial charge in [-0.05, 0) is 111 Å². The zero-order valence-electron chi connectivity index (χ0n) is 16.6. The summed E-state index contributed by atoms with van der Waals surface area (Å²) in [7, 11) is 0. The quantitative estimate of drug-likeness (QED) is 0.531. The van der Waals surface area contributed by atoms with E-state index in [9.17, 15) is 5.11 Å². The van der Waals surface area contributed by atoms with E-state index in [1.165, 1.54) is 50.3 Å². The van der Waals surface area contributed by atoms with E-state index in [0.717, 1.165) is 60.7 Å². The van der Waals surface area contributed by atoms with E-state index >= 15 is 0 Å². The molecule has 0 heterocycles. The summed E-state index contributed by atoms with van der Waals surface area (Å²) in [5.41, 5.74) is 0.279. The van der Waals surface area contributed by atoms with Crippen LogP contribution >= 0.6 is 15.9 Å². The molecule has 4 saturated carbocycles. The highest BCUT2D eigenvalue weighted by atomic mass is 79.9. The number of hydrogen-bond donors (Lipinski definition) is 1. The number of halogens is 1. The molecule has 144 valence electrons. The summed E-state index contributed by atoms with van der Waals surface area (Å²) in [6.45, 7) is 7.32. The van der Waals surface area contributed by atoms with E-state index in [-0.39, 0.29) is 5.60 Å². The van der Waals surface area contributed by atoms with Crippen LogP contribution in [0.1, 0.15) is 85.0 Å². The maximum absolute atomic E-state index is 10.8. The molecule has 1 nitrogen and oxygen atoms in total. The predicted molar refractivity (Wildman–Crippen MR) is 109 cm³/mol. The highest BCUT2D eigenvalue weighted by Gasteiger charge is 2.58. The molecule has 0 saturated heterocycles. The first-order valence-electron chi connectivity index (χ1n) is 11.2. The van der Waals surface area contributed by atoms with Crippen molar-refractivity contribution in [1.29, 1.82) is 0 Å². The van der Waals surface area contributed by atoms with Gasteiger partial charge in [-0.2, -0.15) is 0 Å². The molecule has 4 aliphatic rings. The van der Waals surface area contributed by atoms with Crippen molar-refractivity contribution in [3.63, 3.8) is 0 Å². The SMILES string of the molecule is CC[C@@]1(O)CC[C@H]2[C@H](CC[C@@H]3[C@@H]2CC[C@]2(C)C(C(C)CBr)CC[C@@H]32)C1. The third-order valence-electron chi connectivity index (χ3n) is 9.77. The number of alkyl halides is 1. The van der Waals surface area contributed by atoms with E-state index in [4.69, 9.17) is 0 Å². The van der Waals surface area contributed by atoms with Gasteiger partial charge in [0.05, 0.1) is 5.60 Å². The zero-order valence-corrected chi connectivity index (χ0v) is 18.2. The van der Waals surface area contributed by atoms with Crippen molar-refractivity contribution in [2.45, 2.75) is 90.6 Å². The lowest BCUT2D eigenvalue weighted by Gasteiger charge is -2.57. The van der Waals surface area contributed by atoms with Crippen LogP contribution < -0.4 is 0 Å². The van der Waals surface area contributed by atoms with Crippen molar-refractivity contribution in [3.8, 4) is 0 Å². The van der Waals surface area contributed by atoms with Crippen molar-refractivity contribution in [2.24, 2.45) is 46.8 Å². The Labute approximate surface area is 163 Å². The molecular weight excluding hydrogens is 372 g/mol. The summed E-state index contributed by atoms with van der Waals surface area (Å²) < 4.78 is 0. The van der Waals surface area contributed by atoms with Gasteiger partial charge in [0, 0.05) is 5.33 Å². The number of fused-ring (bicyclic) bond motifs is 5. The van der Waals surface area contributed by atoms with Crippen LogP contribution in [-0.4, -0.2) is 16.0 Å². The van der Waals surface area contributed by atoms with Crippen LogP contribution in [0.5, 0.6) is 0 Å². The summed E-state index contributed by atoms with van der Waals surface area (Å²) >= 11 is 3.77. The third-order valence-corrected chi connectivity index (χ3v) is 10.8. The lowest BCUT2D eigenvalue weighted by Crippen LogP contribution is -2.51. The van der Waals surface area contributed by atoms with E-state index in [2.05, 4.69) is 36.7 Å². The maximum atomic E-state index is 10.8. The smallest absolute Gasteiger partial charge is 0.0648 e. The molecular formula is C23H39BrO. The number of rotatable bonds is 3. The van der Waals surface area contributed by atoms with Crippen molar-refractivity contribution in [1.82, 2.24) is 0 Å². The summed E-state index contributed by atoms with van der Waals surface area (Å²) in [5.74, 6) is 6.50. The molecule has 0 aliphatic heterocycles. The molecule has 0 aromatic heterocycles. The van der Waals surface area contributed by atoms with Gasteiger partial charge in [-0.1, -0.05) is 36.7 Å². The molecule has 25 heavy (non-hydrogen) atoms. The van der Waals surface area contributed by atoms with Gasteiger partial charge in [-0.15, -0.1) is 0 Å². The first-order chi connectivity index (χ1) is 11.9. The monoisotopic (exact) mass is 410 g/mol. The Kier molecular flexibility index (Phi) is 5.11. The molecule has 0 radical (unpaired) electrons. The Morgan fingerprint density at radius 3 is 2.48 bits per heavy atom.